The monoisotopic (exact) mass is 474 g/mol. The molecular formula is C34H22N2O. The third-order valence-corrected chi connectivity index (χ3v) is 6.71. The van der Waals surface area contributed by atoms with E-state index in [2.05, 4.69) is 78.9 Å². The van der Waals surface area contributed by atoms with E-state index in [0.717, 1.165) is 55.6 Å². The summed E-state index contributed by atoms with van der Waals surface area (Å²) in [5, 5.41) is 2.17. The molecule has 7 aromatic rings. The fourth-order valence-corrected chi connectivity index (χ4v) is 4.87. The van der Waals surface area contributed by atoms with Crippen molar-refractivity contribution in [2.24, 2.45) is 0 Å². The van der Waals surface area contributed by atoms with E-state index < -0.39 is 0 Å². The third kappa shape index (κ3) is 3.87. The van der Waals surface area contributed by atoms with Crippen LogP contribution in [0.25, 0.3) is 67.0 Å². The molecule has 0 radical (unpaired) electrons. The minimum absolute atomic E-state index is 0.691. The third-order valence-electron chi connectivity index (χ3n) is 6.71. The highest BCUT2D eigenvalue weighted by molar-refractivity contribution is 6.10. The van der Waals surface area contributed by atoms with E-state index in [-0.39, 0.29) is 0 Å². The maximum atomic E-state index is 6.53. The standard InChI is InChI=1S/C34H22N2O/c1-4-11-23(12-5-1)26-19-20-27-28-17-10-18-29(33(28)37-32(27)21-26)31-22-30(24-13-6-2-7-14-24)35-34(36-31)25-15-8-3-9-16-25/h1-22H. The van der Waals surface area contributed by atoms with Gasteiger partial charge in [-0.25, -0.2) is 9.97 Å². The summed E-state index contributed by atoms with van der Waals surface area (Å²) >= 11 is 0. The summed E-state index contributed by atoms with van der Waals surface area (Å²) in [6.45, 7) is 0. The van der Waals surface area contributed by atoms with E-state index in [9.17, 15) is 0 Å². The van der Waals surface area contributed by atoms with E-state index >= 15 is 0 Å². The Morgan fingerprint density at radius 3 is 1.81 bits per heavy atom. The minimum Gasteiger partial charge on any atom is -0.455 e. The lowest BCUT2D eigenvalue weighted by molar-refractivity contribution is 0.670. The fourth-order valence-electron chi connectivity index (χ4n) is 4.87. The highest BCUT2D eigenvalue weighted by Gasteiger charge is 2.16. The summed E-state index contributed by atoms with van der Waals surface area (Å²) in [6.07, 6.45) is 0. The molecule has 0 aliphatic carbocycles. The number of hydrogen-bond acceptors (Lipinski definition) is 3. The molecule has 0 amide bonds. The van der Waals surface area contributed by atoms with Gasteiger partial charge in [0.15, 0.2) is 5.82 Å². The molecule has 0 saturated carbocycles. The lowest BCUT2D eigenvalue weighted by atomic mass is 10.0. The summed E-state index contributed by atoms with van der Waals surface area (Å²) in [7, 11) is 0. The maximum Gasteiger partial charge on any atom is 0.160 e. The molecule has 0 saturated heterocycles. The molecule has 0 fully saturated rings. The van der Waals surface area contributed by atoms with Crippen LogP contribution >= 0.6 is 0 Å². The molecule has 3 heteroatoms. The molecule has 0 unspecified atom stereocenters. The quantitative estimate of drug-likeness (QED) is 0.255. The summed E-state index contributed by atoms with van der Waals surface area (Å²) in [4.78, 5) is 9.94. The number of aromatic nitrogens is 2. The molecular weight excluding hydrogens is 452 g/mol. The molecule has 37 heavy (non-hydrogen) atoms. The second-order valence-electron chi connectivity index (χ2n) is 9.06. The van der Waals surface area contributed by atoms with Crippen LogP contribution in [0.4, 0.5) is 0 Å². The fraction of sp³-hybridized carbons (Fsp3) is 0. The van der Waals surface area contributed by atoms with Crippen molar-refractivity contribution in [3.05, 3.63) is 133 Å². The van der Waals surface area contributed by atoms with Gasteiger partial charge in [0, 0.05) is 27.5 Å². The van der Waals surface area contributed by atoms with Crippen molar-refractivity contribution in [1.29, 1.82) is 0 Å². The zero-order valence-corrected chi connectivity index (χ0v) is 20.0. The molecule has 3 nitrogen and oxygen atoms in total. The first-order chi connectivity index (χ1) is 18.3. The average Bonchev–Trinajstić information content (AvgIpc) is 3.36. The number of para-hydroxylation sites is 1. The van der Waals surface area contributed by atoms with Crippen molar-refractivity contribution in [3.8, 4) is 45.0 Å². The molecule has 0 spiro atoms. The molecule has 0 aliphatic heterocycles. The van der Waals surface area contributed by atoms with Crippen molar-refractivity contribution in [3.63, 3.8) is 0 Å². The van der Waals surface area contributed by atoms with Crippen molar-refractivity contribution < 1.29 is 4.42 Å². The van der Waals surface area contributed by atoms with Crippen LogP contribution in [0.5, 0.6) is 0 Å². The lowest BCUT2D eigenvalue weighted by Gasteiger charge is -2.09. The van der Waals surface area contributed by atoms with E-state index in [4.69, 9.17) is 14.4 Å². The van der Waals surface area contributed by atoms with Crippen LogP contribution in [0.2, 0.25) is 0 Å². The van der Waals surface area contributed by atoms with Gasteiger partial charge < -0.3 is 4.42 Å². The molecule has 0 aliphatic rings. The zero-order chi connectivity index (χ0) is 24.6. The highest BCUT2D eigenvalue weighted by atomic mass is 16.3. The number of benzene rings is 5. The lowest BCUT2D eigenvalue weighted by Crippen LogP contribution is -1.96. The Labute approximate surface area is 214 Å². The topological polar surface area (TPSA) is 38.9 Å². The largest absolute Gasteiger partial charge is 0.455 e. The smallest absolute Gasteiger partial charge is 0.160 e. The summed E-state index contributed by atoms with van der Waals surface area (Å²) in [5.74, 6) is 0.691. The normalized spacial score (nSPS) is 11.2. The van der Waals surface area contributed by atoms with Crippen molar-refractivity contribution >= 4 is 21.9 Å². The second-order valence-corrected chi connectivity index (χ2v) is 9.06. The van der Waals surface area contributed by atoms with Gasteiger partial charge >= 0.3 is 0 Å². The maximum absolute atomic E-state index is 6.53. The predicted octanol–water partition coefficient (Wildman–Crippen LogP) is 9.04. The first-order valence-electron chi connectivity index (χ1n) is 12.3. The van der Waals surface area contributed by atoms with Gasteiger partial charge in [-0.05, 0) is 35.4 Å². The Hall–Kier alpha value is -5.02. The number of rotatable bonds is 4. The van der Waals surface area contributed by atoms with Gasteiger partial charge in [0.2, 0.25) is 0 Å². The van der Waals surface area contributed by atoms with Crippen LogP contribution in [-0.2, 0) is 0 Å². The van der Waals surface area contributed by atoms with Gasteiger partial charge in [-0.2, -0.15) is 0 Å². The Balaban J connectivity index is 1.44. The number of nitrogens with zero attached hydrogens (tertiary/aromatic N) is 2. The van der Waals surface area contributed by atoms with Crippen molar-refractivity contribution in [2.45, 2.75) is 0 Å². The molecule has 0 bridgehead atoms. The number of fused-ring (bicyclic) bond motifs is 3. The van der Waals surface area contributed by atoms with Crippen LogP contribution in [0.3, 0.4) is 0 Å². The van der Waals surface area contributed by atoms with Crippen LogP contribution < -0.4 is 0 Å². The zero-order valence-electron chi connectivity index (χ0n) is 20.0. The minimum atomic E-state index is 0.691. The van der Waals surface area contributed by atoms with Gasteiger partial charge in [-0.3, -0.25) is 0 Å². The van der Waals surface area contributed by atoms with E-state index in [1.54, 1.807) is 0 Å². The molecule has 2 heterocycles. The van der Waals surface area contributed by atoms with E-state index in [1.165, 1.54) is 5.56 Å². The number of furan rings is 1. The first kappa shape index (κ1) is 21.3. The molecule has 7 rings (SSSR count). The molecule has 2 aromatic heterocycles. The van der Waals surface area contributed by atoms with Crippen LogP contribution in [0.15, 0.2) is 138 Å². The van der Waals surface area contributed by atoms with Gasteiger partial charge in [-0.1, -0.05) is 109 Å². The Bertz CT molecular complexity index is 1800. The predicted molar refractivity (Wildman–Crippen MR) is 151 cm³/mol. The van der Waals surface area contributed by atoms with Crippen molar-refractivity contribution in [2.75, 3.05) is 0 Å². The van der Waals surface area contributed by atoms with Crippen molar-refractivity contribution in [1.82, 2.24) is 9.97 Å². The summed E-state index contributed by atoms with van der Waals surface area (Å²) < 4.78 is 6.53. The van der Waals surface area contributed by atoms with Gasteiger partial charge in [0.1, 0.15) is 11.2 Å². The Morgan fingerprint density at radius 2 is 1.08 bits per heavy atom. The molecule has 0 N–H and O–H groups in total. The highest BCUT2D eigenvalue weighted by Crippen LogP contribution is 2.38. The van der Waals surface area contributed by atoms with E-state index in [1.807, 2.05) is 54.6 Å². The van der Waals surface area contributed by atoms with Crippen LogP contribution in [0.1, 0.15) is 0 Å². The molecule has 0 atom stereocenters. The molecule has 5 aromatic carbocycles. The van der Waals surface area contributed by atoms with Crippen LogP contribution in [-0.4, -0.2) is 9.97 Å². The SMILES string of the molecule is c1ccc(-c2ccc3c(c2)oc2c(-c4cc(-c5ccccc5)nc(-c5ccccc5)n4)cccc23)cc1. The average molecular weight is 475 g/mol. The van der Waals surface area contributed by atoms with Gasteiger partial charge in [-0.15, -0.1) is 0 Å². The molecule has 174 valence electrons. The Kier molecular flexibility index (Phi) is 5.11. The Morgan fingerprint density at radius 1 is 0.432 bits per heavy atom. The first-order valence-corrected chi connectivity index (χ1v) is 12.3. The van der Waals surface area contributed by atoms with Crippen LogP contribution in [0, 0.1) is 0 Å². The summed E-state index contributed by atoms with van der Waals surface area (Å²) in [6, 6.07) is 45.5. The van der Waals surface area contributed by atoms with Gasteiger partial charge in [0.05, 0.1) is 11.4 Å². The summed E-state index contributed by atoms with van der Waals surface area (Å²) in [5.41, 5.74) is 8.69. The van der Waals surface area contributed by atoms with E-state index in [0.29, 0.717) is 5.82 Å². The van der Waals surface area contributed by atoms with Gasteiger partial charge in [0.25, 0.3) is 0 Å². The second kappa shape index (κ2) is 8.89. The number of hydrogen-bond donors (Lipinski definition) is 0.